The van der Waals surface area contributed by atoms with Gasteiger partial charge in [-0.2, -0.15) is 0 Å². The molecule has 112 valence electrons. The third-order valence-electron chi connectivity index (χ3n) is 3.21. The minimum Gasteiger partial charge on any atom is -0.497 e. The number of ether oxygens (including phenoxy) is 1. The molecule has 21 heavy (non-hydrogen) atoms. The van der Waals surface area contributed by atoms with E-state index in [4.69, 9.17) is 27.9 Å². The lowest BCUT2D eigenvalue weighted by atomic mass is 10.0. The number of hydrogen-bond acceptors (Lipinski definition) is 2. The number of benzene rings is 2. The van der Waals surface area contributed by atoms with Crippen molar-refractivity contribution in [2.75, 3.05) is 7.11 Å². The average Bonchev–Trinajstić information content (AvgIpc) is 2.45. The maximum atomic E-state index is 10.3. The molecule has 0 amide bonds. The molecule has 0 fully saturated rings. The molecule has 0 aliphatic rings. The molecule has 1 N–H and O–H groups in total. The molecule has 0 saturated heterocycles. The van der Waals surface area contributed by atoms with Gasteiger partial charge < -0.3 is 9.84 Å². The quantitative estimate of drug-likeness (QED) is 0.787. The topological polar surface area (TPSA) is 29.5 Å². The molecule has 2 nitrogen and oxygen atoms in total. The third kappa shape index (κ3) is 4.36. The molecule has 1 unspecified atom stereocenters. The van der Waals surface area contributed by atoms with Crippen LogP contribution in [0.3, 0.4) is 0 Å². The highest BCUT2D eigenvalue weighted by Gasteiger charge is 2.14. The van der Waals surface area contributed by atoms with Gasteiger partial charge in [0.1, 0.15) is 5.75 Å². The van der Waals surface area contributed by atoms with Crippen molar-refractivity contribution in [3.63, 3.8) is 0 Å². The molecular formula is C16H15BrCl2O2. The lowest BCUT2D eigenvalue weighted by molar-refractivity contribution is 0.175. The Morgan fingerprint density at radius 1 is 1.14 bits per heavy atom. The predicted molar refractivity (Wildman–Crippen MR) is 90.6 cm³/mol. The number of halogens is 3. The van der Waals surface area contributed by atoms with Crippen LogP contribution >= 0.6 is 39.1 Å². The fourth-order valence-electron chi connectivity index (χ4n) is 2.12. The van der Waals surface area contributed by atoms with Gasteiger partial charge in [-0.25, -0.2) is 0 Å². The molecule has 0 aliphatic carbocycles. The van der Waals surface area contributed by atoms with Crippen LogP contribution in [0.15, 0.2) is 40.9 Å². The van der Waals surface area contributed by atoms with Gasteiger partial charge in [0, 0.05) is 20.9 Å². The molecule has 0 aliphatic heterocycles. The van der Waals surface area contributed by atoms with Gasteiger partial charge >= 0.3 is 0 Å². The first-order chi connectivity index (χ1) is 10.0. The van der Waals surface area contributed by atoms with Gasteiger partial charge in [-0.3, -0.25) is 0 Å². The Morgan fingerprint density at radius 3 is 2.43 bits per heavy atom. The molecule has 2 aromatic rings. The van der Waals surface area contributed by atoms with Crippen LogP contribution in [0.1, 0.15) is 11.1 Å². The van der Waals surface area contributed by atoms with Crippen LogP contribution in [0.2, 0.25) is 10.0 Å². The summed E-state index contributed by atoms with van der Waals surface area (Å²) in [6, 6.07) is 11.0. The van der Waals surface area contributed by atoms with Gasteiger partial charge in [-0.15, -0.1) is 0 Å². The first kappa shape index (κ1) is 16.6. The third-order valence-corrected chi connectivity index (χ3v) is 4.69. The molecule has 0 bridgehead atoms. The van der Waals surface area contributed by atoms with Crippen molar-refractivity contribution in [1.29, 1.82) is 0 Å². The molecule has 1 atom stereocenters. The fraction of sp³-hybridized carbons (Fsp3) is 0.250. The monoisotopic (exact) mass is 388 g/mol. The van der Waals surface area contributed by atoms with Gasteiger partial charge in [0.2, 0.25) is 0 Å². The first-order valence-electron chi connectivity index (χ1n) is 6.44. The Kier molecular flexibility index (Phi) is 5.94. The van der Waals surface area contributed by atoms with Gasteiger partial charge in [-0.1, -0.05) is 45.2 Å². The van der Waals surface area contributed by atoms with E-state index in [0.29, 0.717) is 22.9 Å². The van der Waals surface area contributed by atoms with Crippen LogP contribution in [0.25, 0.3) is 0 Å². The highest BCUT2D eigenvalue weighted by molar-refractivity contribution is 9.10. The summed E-state index contributed by atoms with van der Waals surface area (Å²) in [7, 11) is 1.62. The molecule has 0 aromatic heterocycles. The summed E-state index contributed by atoms with van der Waals surface area (Å²) in [6.07, 6.45) is 0.312. The van der Waals surface area contributed by atoms with Crippen LogP contribution in [-0.4, -0.2) is 18.3 Å². The molecule has 0 heterocycles. The molecule has 5 heteroatoms. The zero-order chi connectivity index (χ0) is 15.4. The lowest BCUT2D eigenvalue weighted by Crippen LogP contribution is -2.15. The van der Waals surface area contributed by atoms with E-state index in [1.807, 2.05) is 18.2 Å². The van der Waals surface area contributed by atoms with Crippen LogP contribution in [0, 0.1) is 0 Å². The second kappa shape index (κ2) is 7.50. The molecule has 0 spiro atoms. The number of hydrogen-bond donors (Lipinski definition) is 1. The molecule has 0 saturated carbocycles. The summed E-state index contributed by atoms with van der Waals surface area (Å²) in [5.74, 6) is 0.760. The minimum absolute atomic E-state index is 0.405. The zero-order valence-electron chi connectivity index (χ0n) is 11.4. The maximum absolute atomic E-state index is 10.3. The Labute approximate surface area is 142 Å². The van der Waals surface area contributed by atoms with Gasteiger partial charge in [0.25, 0.3) is 0 Å². The van der Waals surface area contributed by atoms with Crippen molar-refractivity contribution in [2.45, 2.75) is 18.9 Å². The lowest BCUT2D eigenvalue weighted by Gasteiger charge is -2.15. The van der Waals surface area contributed by atoms with E-state index >= 15 is 0 Å². The van der Waals surface area contributed by atoms with E-state index in [0.717, 1.165) is 21.3 Å². The van der Waals surface area contributed by atoms with E-state index < -0.39 is 6.10 Å². The number of rotatable bonds is 5. The Balaban J connectivity index is 2.13. The van der Waals surface area contributed by atoms with E-state index in [1.165, 1.54) is 0 Å². The highest BCUT2D eigenvalue weighted by Crippen LogP contribution is 2.28. The smallest absolute Gasteiger partial charge is 0.119 e. The van der Waals surface area contributed by atoms with E-state index in [9.17, 15) is 5.11 Å². The number of aliphatic hydroxyl groups excluding tert-OH is 1. The number of methoxy groups -OCH3 is 1. The summed E-state index contributed by atoms with van der Waals surface area (Å²) in [4.78, 5) is 0. The minimum atomic E-state index is -0.578. The maximum Gasteiger partial charge on any atom is 0.119 e. The Morgan fingerprint density at radius 2 is 1.81 bits per heavy atom. The molecule has 0 radical (unpaired) electrons. The first-order valence-corrected chi connectivity index (χ1v) is 7.99. The van der Waals surface area contributed by atoms with Crippen molar-refractivity contribution >= 4 is 39.1 Å². The average molecular weight is 390 g/mol. The fourth-order valence-corrected chi connectivity index (χ4v) is 3.08. The summed E-state index contributed by atoms with van der Waals surface area (Å²) in [5, 5.41) is 11.5. The van der Waals surface area contributed by atoms with Crippen LogP contribution in [0.5, 0.6) is 5.75 Å². The van der Waals surface area contributed by atoms with Gasteiger partial charge in [0.05, 0.1) is 13.2 Å². The summed E-state index contributed by atoms with van der Waals surface area (Å²) < 4.78 is 6.14. The van der Waals surface area contributed by atoms with Crippen molar-refractivity contribution in [3.8, 4) is 5.75 Å². The molecule has 2 rings (SSSR count). The second-order valence-corrected chi connectivity index (χ2v) is 6.39. The van der Waals surface area contributed by atoms with Crippen molar-refractivity contribution in [2.24, 2.45) is 0 Å². The Bertz CT molecular complexity index is 611. The summed E-state index contributed by atoms with van der Waals surface area (Å²) in [5.41, 5.74) is 1.75. The van der Waals surface area contributed by atoms with Gasteiger partial charge in [-0.05, 0) is 47.9 Å². The predicted octanol–water partition coefficient (Wildman–Crippen LogP) is 4.91. The SMILES string of the molecule is COc1ccc(Br)c(CC(O)Cc2c(Cl)cccc2Cl)c1. The van der Waals surface area contributed by atoms with Crippen molar-refractivity contribution in [3.05, 3.63) is 62.0 Å². The largest absolute Gasteiger partial charge is 0.497 e. The van der Waals surface area contributed by atoms with Crippen molar-refractivity contribution in [1.82, 2.24) is 0 Å². The number of aliphatic hydroxyl groups is 1. The summed E-state index contributed by atoms with van der Waals surface area (Å²) >= 11 is 15.7. The van der Waals surface area contributed by atoms with E-state index in [2.05, 4.69) is 15.9 Å². The summed E-state index contributed by atoms with van der Waals surface area (Å²) in [6.45, 7) is 0. The van der Waals surface area contributed by atoms with E-state index in [-0.39, 0.29) is 0 Å². The van der Waals surface area contributed by atoms with Crippen LogP contribution in [-0.2, 0) is 12.8 Å². The second-order valence-electron chi connectivity index (χ2n) is 4.72. The normalized spacial score (nSPS) is 12.2. The Hall–Kier alpha value is -0.740. The molecule has 2 aromatic carbocycles. The van der Waals surface area contributed by atoms with Crippen LogP contribution in [0.4, 0.5) is 0 Å². The van der Waals surface area contributed by atoms with Gasteiger partial charge in [0.15, 0.2) is 0 Å². The van der Waals surface area contributed by atoms with E-state index in [1.54, 1.807) is 25.3 Å². The molecular weight excluding hydrogens is 375 g/mol. The van der Waals surface area contributed by atoms with Crippen molar-refractivity contribution < 1.29 is 9.84 Å². The highest BCUT2D eigenvalue weighted by atomic mass is 79.9. The van der Waals surface area contributed by atoms with Crippen LogP contribution < -0.4 is 4.74 Å². The zero-order valence-corrected chi connectivity index (χ0v) is 14.5. The standard InChI is InChI=1S/C16H15BrCl2O2/c1-21-12-5-6-14(17)10(8-12)7-11(20)9-13-15(18)3-2-4-16(13)19/h2-6,8,11,20H,7,9H2,1H3.